The molecule has 0 amide bonds. The lowest BCUT2D eigenvalue weighted by molar-refractivity contribution is -0.223. The van der Waals surface area contributed by atoms with E-state index < -0.39 is 22.4 Å². The minimum absolute atomic E-state index is 0.0922. The Hall–Kier alpha value is -2.38. The van der Waals surface area contributed by atoms with Crippen molar-refractivity contribution in [1.29, 1.82) is 0 Å². The highest BCUT2D eigenvalue weighted by atomic mass is 16.7. The Morgan fingerprint density at radius 1 is 1.16 bits per heavy atom. The van der Waals surface area contributed by atoms with Gasteiger partial charge in [0, 0.05) is 29.4 Å². The Morgan fingerprint density at radius 2 is 2.00 bits per heavy atom. The molecule has 0 bridgehead atoms. The second kappa shape index (κ2) is 5.39. The average Bonchev–Trinajstić information content (AvgIpc) is 3.24. The lowest BCUT2D eigenvalue weighted by atomic mass is 9.72. The van der Waals surface area contributed by atoms with Crippen LogP contribution in [0.2, 0.25) is 0 Å². The van der Waals surface area contributed by atoms with Gasteiger partial charge in [-0.15, -0.1) is 0 Å². The molecule has 1 aromatic rings. The van der Waals surface area contributed by atoms with E-state index in [-0.39, 0.29) is 35.5 Å². The molecule has 4 fully saturated rings. The van der Waals surface area contributed by atoms with Gasteiger partial charge in [0.2, 0.25) is 0 Å². The predicted molar refractivity (Wildman–Crippen MR) is 109 cm³/mol. The van der Waals surface area contributed by atoms with Crippen molar-refractivity contribution in [2.45, 2.75) is 75.7 Å². The van der Waals surface area contributed by atoms with E-state index in [1.165, 1.54) is 6.08 Å². The molecule has 32 heavy (non-hydrogen) atoms. The first kappa shape index (κ1) is 19.1. The highest BCUT2D eigenvalue weighted by molar-refractivity contribution is 5.90. The van der Waals surface area contributed by atoms with Crippen molar-refractivity contribution in [3.05, 3.63) is 48.0 Å². The van der Waals surface area contributed by atoms with Gasteiger partial charge in [-0.2, -0.15) is 0 Å². The van der Waals surface area contributed by atoms with E-state index in [2.05, 4.69) is 6.08 Å². The standard InChI is InChI=1S/C25H26O7/c1-21(2)17(22(3)7-5-18(26)31-22)11-24(32-21)10-15-16(30-24)4-8-23-13-25(15,23)20(27)29-19(23)14-6-9-28-12-14/h5-7,9-10,12,16-17,19H,4,8,11,13H2,1-3H3/t16-,17+,19+,22-,23+,24+,25+/m0/s1. The Bertz CT molecular complexity index is 1120. The fourth-order valence-corrected chi connectivity index (χ4v) is 7.61. The molecule has 7 heteroatoms. The molecule has 0 N–H and O–H groups in total. The summed E-state index contributed by atoms with van der Waals surface area (Å²) in [6.07, 6.45) is 11.2. The van der Waals surface area contributed by atoms with Gasteiger partial charge in [0.05, 0.1) is 24.2 Å². The summed E-state index contributed by atoms with van der Waals surface area (Å²) in [6.45, 7) is 5.95. The van der Waals surface area contributed by atoms with Crippen LogP contribution in [0, 0.1) is 16.7 Å². The average molecular weight is 438 g/mol. The number of carbonyl (C=O) groups is 2. The molecule has 0 aromatic carbocycles. The third kappa shape index (κ3) is 2.05. The Labute approximate surface area is 185 Å². The number of hydrogen-bond acceptors (Lipinski definition) is 7. The molecule has 2 aliphatic carbocycles. The van der Waals surface area contributed by atoms with E-state index in [4.69, 9.17) is 23.4 Å². The molecule has 4 aliphatic heterocycles. The highest BCUT2D eigenvalue weighted by Gasteiger charge is 2.85. The zero-order valence-electron chi connectivity index (χ0n) is 18.4. The smallest absolute Gasteiger partial charge is 0.331 e. The number of esters is 2. The molecule has 0 radical (unpaired) electrons. The SMILES string of the molecule is CC1(C)O[C@]2(C=C3[C@H](CC[C@]45C[C@]34C(=O)O[C@@H]5c3ccoc3)O2)C[C@H]1[C@]1(C)C=CC(=O)O1. The van der Waals surface area contributed by atoms with Gasteiger partial charge in [-0.05, 0) is 63.8 Å². The van der Waals surface area contributed by atoms with E-state index in [0.29, 0.717) is 6.42 Å². The van der Waals surface area contributed by atoms with Gasteiger partial charge >= 0.3 is 11.9 Å². The van der Waals surface area contributed by atoms with Crippen LogP contribution < -0.4 is 0 Å². The first-order valence-electron chi connectivity index (χ1n) is 11.4. The molecule has 5 heterocycles. The molecule has 7 atom stereocenters. The molecule has 2 saturated carbocycles. The molecular weight excluding hydrogens is 412 g/mol. The summed E-state index contributed by atoms with van der Waals surface area (Å²) in [4.78, 5) is 25.1. The number of fused-ring (bicyclic) bond motifs is 1. The van der Waals surface area contributed by atoms with Crippen LogP contribution in [0.5, 0.6) is 0 Å². The first-order chi connectivity index (χ1) is 15.1. The maximum atomic E-state index is 13.2. The minimum Gasteiger partial charge on any atom is -0.472 e. The molecule has 1 aromatic heterocycles. The van der Waals surface area contributed by atoms with Crippen LogP contribution in [-0.4, -0.2) is 35.0 Å². The van der Waals surface area contributed by atoms with E-state index >= 15 is 0 Å². The molecule has 0 unspecified atom stereocenters. The summed E-state index contributed by atoms with van der Waals surface area (Å²) in [6, 6.07) is 1.89. The van der Waals surface area contributed by atoms with Crippen LogP contribution in [0.4, 0.5) is 0 Å². The van der Waals surface area contributed by atoms with Crippen LogP contribution in [-0.2, 0) is 28.5 Å². The monoisotopic (exact) mass is 438 g/mol. The van der Waals surface area contributed by atoms with Crippen LogP contribution in [0.25, 0.3) is 0 Å². The molecule has 2 saturated heterocycles. The quantitative estimate of drug-likeness (QED) is 0.514. The Morgan fingerprint density at radius 3 is 2.72 bits per heavy atom. The van der Waals surface area contributed by atoms with Crippen molar-refractivity contribution in [2.75, 3.05) is 0 Å². The van der Waals surface area contributed by atoms with Crippen LogP contribution in [0.3, 0.4) is 0 Å². The lowest BCUT2D eigenvalue weighted by Crippen LogP contribution is -2.44. The third-order valence-electron chi connectivity index (χ3n) is 8.96. The second-order valence-corrected chi connectivity index (χ2v) is 11.0. The van der Waals surface area contributed by atoms with Gasteiger partial charge in [-0.1, -0.05) is 0 Å². The molecule has 1 spiro atoms. The number of furan rings is 1. The van der Waals surface area contributed by atoms with Crippen LogP contribution >= 0.6 is 0 Å². The molecule has 7 nitrogen and oxygen atoms in total. The van der Waals surface area contributed by atoms with Gasteiger partial charge in [0.15, 0.2) is 5.79 Å². The lowest BCUT2D eigenvalue weighted by Gasteiger charge is -2.36. The highest BCUT2D eigenvalue weighted by Crippen LogP contribution is 2.83. The van der Waals surface area contributed by atoms with Crippen molar-refractivity contribution in [3.63, 3.8) is 0 Å². The summed E-state index contributed by atoms with van der Waals surface area (Å²) in [5.74, 6) is -1.51. The predicted octanol–water partition coefficient (Wildman–Crippen LogP) is 3.76. The molecule has 168 valence electrons. The minimum atomic E-state index is -0.929. The third-order valence-corrected chi connectivity index (χ3v) is 8.96. The fourth-order valence-electron chi connectivity index (χ4n) is 7.61. The van der Waals surface area contributed by atoms with E-state index in [0.717, 1.165) is 30.4 Å². The largest absolute Gasteiger partial charge is 0.472 e. The topological polar surface area (TPSA) is 84.2 Å². The Kier molecular flexibility index (Phi) is 3.22. The zero-order chi connectivity index (χ0) is 22.1. The first-order valence-corrected chi connectivity index (χ1v) is 11.4. The van der Waals surface area contributed by atoms with E-state index in [1.54, 1.807) is 12.5 Å². The number of rotatable bonds is 2. The van der Waals surface area contributed by atoms with Crippen molar-refractivity contribution < 1.29 is 33.0 Å². The van der Waals surface area contributed by atoms with Gasteiger partial charge in [0.25, 0.3) is 0 Å². The number of carbonyl (C=O) groups excluding carboxylic acids is 2. The normalized spacial score (nSPS) is 49.5. The molecule has 6 aliphatic rings. The number of cyclic esters (lactones) is 2. The van der Waals surface area contributed by atoms with Gasteiger partial charge in [-0.3, -0.25) is 4.79 Å². The summed E-state index contributed by atoms with van der Waals surface area (Å²) >= 11 is 0. The van der Waals surface area contributed by atoms with E-state index in [9.17, 15) is 9.59 Å². The zero-order valence-corrected chi connectivity index (χ0v) is 18.4. The number of hydrogen-bond donors (Lipinski definition) is 0. The molecule has 7 rings (SSSR count). The van der Waals surface area contributed by atoms with Crippen molar-refractivity contribution in [3.8, 4) is 0 Å². The van der Waals surface area contributed by atoms with Crippen LogP contribution in [0.1, 0.15) is 58.1 Å². The molecular formula is C25H26O7. The maximum absolute atomic E-state index is 13.2. The second-order valence-electron chi connectivity index (χ2n) is 11.0. The summed E-state index contributed by atoms with van der Waals surface area (Å²) in [7, 11) is 0. The van der Waals surface area contributed by atoms with Gasteiger partial charge in [0.1, 0.15) is 17.1 Å². The van der Waals surface area contributed by atoms with Gasteiger partial charge in [-0.25, -0.2) is 4.79 Å². The van der Waals surface area contributed by atoms with Crippen molar-refractivity contribution >= 4 is 11.9 Å². The summed E-state index contributed by atoms with van der Waals surface area (Å²) in [5.41, 5.74) is -0.251. The van der Waals surface area contributed by atoms with Gasteiger partial charge < -0.3 is 23.4 Å². The van der Waals surface area contributed by atoms with Crippen molar-refractivity contribution in [1.82, 2.24) is 0 Å². The van der Waals surface area contributed by atoms with E-state index in [1.807, 2.05) is 32.9 Å². The summed E-state index contributed by atoms with van der Waals surface area (Å²) < 4.78 is 30.0. The summed E-state index contributed by atoms with van der Waals surface area (Å²) in [5, 5.41) is 0. The number of ether oxygens (including phenoxy) is 4. The van der Waals surface area contributed by atoms with Crippen molar-refractivity contribution in [2.24, 2.45) is 16.7 Å². The fraction of sp³-hybridized carbons (Fsp3) is 0.600. The van der Waals surface area contributed by atoms with Crippen LogP contribution in [0.15, 0.2) is 46.8 Å². The Balaban J connectivity index is 1.26. The maximum Gasteiger partial charge on any atom is 0.331 e.